The minimum absolute atomic E-state index is 0.142. The smallest absolute Gasteiger partial charge is 0.235 e. The predicted molar refractivity (Wildman–Crippen MR) is 69.4 cm³/mol. The van der Waals surface area contributed by atoms with Crippen LogP contribution in [0.15, 0.2) is 22.0 Å². The third-order valence-electron chi connectivity index (χ3n) is 3.67. The van der Waals surface area contributed by atoms with Gasteiger partial charge in [0, 0.05) is 11.8 Å². The molecular weight excluding hydrogens is 285 g/mol. The standard InChI is InChI=1S/C13H14FNO4S/c1-20(18,19)10-5-4-9(12(17)11(10)14)13(15-8-16)6-2-3-7-13/h4-5,17H,2-3,6-7H2,1H3. The average molecular weight is 299 g/mol. The van der Waals surface area contributed by atoms with Crippen LogP contribution in [0, 0.1) is 5.82 Å². The number of aliphatic imine (C=N–C) groups is 1. The quantitative estimate of drug-likeness (QED) is 0.684. The van der Waals surface area contributed by atoms with Crippen LogP contribution in [0.1, 0.15) is 31.2 Å². The number of rotatable bonds is 3. The van der Waals surface area contributed by atoms with E-state index in [1.54, 1.807) is 0 Å². The first-order valence-electron chi connectivity index (χ1n) is 6.13. The van der Waals surface area contributed by atoms with E-state index in [9.17, 15) is 22.7 Å². The highest BCUT2D eigenvalue weighted by Crippen LogP contribution is 2.46. The number of hydrogen-bond donors (Lipinski definition) is 1. The van der Waals surface area contributed by atoms with E-state index in [2.05, 4.69) is 4.99 Å². The van der Waals surface area contributed by atoms with Crippen LogP contribution < -0.4 is 0 Å². The Morgan fingerprint density at radius 2 is 1.95 bits per heavy atom. The van der Waals surface area contributed by atoms with E-state index in [1.165, 1.54) is 12.1 Å². The number of phenolic OH excluding ortho intramolecular Hbond substituents is 1. The number of hydrogen-bond acceptors (Lipinski definition) is 5. The lowest BCUT2D eigenvalue weighted by molar-refractivity contribution is 0.379. The summed E-state index contributed by atoms with van der Waals surface area (Å²) < 4.78 is 36.9. The molecule has 0 saturated heterocycles. The van der Waals surface area contributed by atoms with Gasteiger partial charge in [-0.2, -0.15) is 4.99 Å². The number of aromatic hydroxyl groups is 1. The topological polar surface area (TPSA) is 83.8 Å². The lowest BCUT2D eigenvalue weighted by atomic mass is 9.88. The molecule has 20 heavy (non-hydrogen) atoms. The summed E-state index contributed by atoms with van der Waals surface area (Å²) in [4.78, 5) is 13.8. The molecule has 1 aliphatic carbocycles. The fraction of sp³-hybridized carbons (Fsp3) is 0.462. The molecule has 5 nitrogen and oxygen atoms in total. The van der Waals surface area contributed by atoms with Gasteiger partial charge in [-0.15, -0.1) is 0 Å². The van der Waals surface area contributed by atoms with E-state index < -0.39 is 31.8 Å². The van der Waals surface area contributed by atoms with Crippen molar-refractivity contribution in [1.82, 2.24) is 0 Å². The fourth-order valence-corrected chi connectivity index (χ4v) is 3.43. The molecule has 0 heterocycles. The molecule has 0 radical (unpaired) electrons. The van der Waals surface area contributed by atoms with Crippen molar-refractivity contribution in [3.63, 3.8) is 0 Å². The number of carbonyl (C=O) groups excluding carboxylic acids is 1. The van der Waals surface area contributed by atoms with Gasteiger partial charge >= 0.3 is 0 Å². The first kappa shape index (κ1) is 14.7. The zero-order chi connectivity index (χ0) is 15.0. The van der Waals surface area contributed by atoms with Gasteiger partial charge in [-0.1, -0.05) is 18.9 Å². The first-order valence-corrected chi connectivity index (χ1v) is 8.02. The Kier molecular flexibility index (Phi) is 3.67. The second-order valence-corrected chi connectivity index (χ2v) is 6.97. The summed E-state index contributed by atoms with van der Waals surface area (Å²) in [7, 11) is -3.77. The summed E-state index contributed by atoms with van der Waals surface area (Å²) in [5.74, 6) is -1.95. The Morgan fingerprint density at radius 3 is 2.45 bits per heavy atom. The number of benzene rings is 1. The molecular formula is C13H14FNO4S. The summed E-state index contributed by atoms with van der Waals surface area (Å²) in [6.07, 6.45) is 4.89. The minimum Gasteiger partial charge on any atom is -0.505 e. The summed E-state index contributed by atoms with van der Waals surface area (Å²) in [6.45, 7) is 0. The zero-order valence-corrected chi connectivity index (χ0v) is 11.7. The molecule has 1 N–H and O–H groups in total. The number of halogens is 1. The van der Waals surface area contributed by atoms with Gasteiger partial charge in [-0.25, -0.2) is 17.6 Å². The van der Waals surface area contributed by atoms with Crippen molar-refractivity contribution >= 4 is 15.9 Å². The van der Waals surface area contributed by atoms with Crippen LogP contribution in [0.4, 0.5) is 4.39 Å². The number of isocyanates is 1. The van der Waals surface area contributed by atoms with Gasteiger partial charge in [0.25, 0.3) is 0 Å². The molecule has 7 heteroatoms. The van der Waals surface area contributed by atoms with Gasteiger partial charge in [-0.05, 0) is 18.9 Å². The molecule has 0 bridgehead atoms. The minimum atomic E-state index is -3.77. The van der Waals surface area contributed by atoms with Gasteiger partial charge in [0.1, 0.15) is 10.4 Å². The normalized spacial score (nSPS) is 17.7. The van der Waals surface area contributed by atoms with Crippen molar-refractivity contribution < 1.29 is 22.7 Å². The van der Waals surface area contributed by atoms with E-state index in [0.29, 0.717) is 12.8 Å². The molecule has 108 valence electrons. The van der Waals surface area contributed by atoms with Crippen molar-refractivity contribution in [1.29, 1.82) is 0 Å². The Balaban J connectivity index is 2.65. The fourth-order valence-electron chi connectivity index (χ4n) is 2.70. The number of nitrogens with zero attached hydrogens (tertiary/aromatic N) is 1. The lowest BCUT2D eigenvalue weighted by Gasteiger charge is -2.24. The number of phenols is 1. The van der Waals surface area contributed by atoms with Crippen LogP contribution in [-0.4, -0.2) is 25.9 Å². The summed E-state index contributed by atoms with van der Waals surface area (Å²) in [5, 5.41) is 9.96. The van der Waals surface area contributed by atoms with Gasteiger partial charge in [0.15, 0.2) is 21.4 Å². The maximum absolute atomic E-state index is 14.1. The number of sulfone groups is 1. The molecule has 0 aromatic heterocycles. The SMILES string of the molecule is CS(=O)(=O)c1ccc(C2(N=C=O)CCCC2)c(O)c1F. The molecule has 0 unspecified atom stereocenters. The molecule has 1 saturated carbocycles. The van der Waals surface area contributed by atoms with E-state index in [1.807, 2.05) is 0 Å². The zero-order valence-electron chi connectivity index (χ0n) is 10.9. The van der Waals surface area contributed by atoms with E-state index in [-0.39, 0.29) is 5.56 Å². The van der Waals surface area contributed by atoms with Gasteiger partial charge in [0.05, 0.1) is 0 Å². The van der Waals surface area contributed by atoms with Gasteiger partial charge in [0.2, 0.25) is 6.08 Å². The highest BCUT2D eigenvalue weighted by molar-refractivity contribution is 7.90. The second-order valence-electron chi connectivity index (χ2n) is 4.99. The van der Waals surface area contributed by atoms with Crippen LogP contribution in [0.5, 0.6) is 5.75 Å². The Labute approximate surface area is 116 Å². The molecule has 0 atom stereocenters. The van der Waals surface area contributed by atoms with Crippen molar-refractivity contribution in [2.24, 2.45) is 4.99 Å². The molecule has 1 aromatic carbocycles. The van der Waals surface area contributed by atoms with E-state index >= 15 is 0 Å². The molecule has 1 aromatic rings. The molecule has 0 aliphatic heterocycles. The van der Waals surface area contributed by atoms with Crippen LogP contribution in [-0.2, 0) is 20.2 Å². The van der Waals surface area contributed by atoms with Crippen LogP contribution in [0.3, 0.4) is 0 Å². The summed E-state index contributed by atoms with van der Waals surface area (Å²) >= 11 is 0. The van der Waals surface area contributed by atoms with E-state index in [4.69, 9.17) is 0 Å². The maximum atomic E-state index is 14.1. The molecule has 1 aliphatic rings. The highest BCUT2D eigenvalue weighted by atomic mass is 32.2. The van der Waals surface area contributed by atoms with Crippen molar-refractivity contribution in [2.45, 2.75) is 36.1 Å². The predicted octanol–water partition coefficient (Wildman–Crippen LogP) is 2.04. The van der Waals surface area contributed by atoms with Crippen molar-refractivity contribution in [3.8, 4) is 5.75 Å². The third kappa shape index (κ3) is 2.34. The largest absolute Gasteiger partial charge is 0.505 e. The average Bonchev–Trinajstić information content (AvgIpc) is 2.81. The van der Waals surface area contributed by atoms with Crippen molar-refractivity contribution in [3.05, 3.63) is 23.5 Å². The Bertz CT molecular complexity index is 687. The molecule has 1 fully saturated rings. The second kappa shape index (κ2) is 5.00. The monoisotopic (exact) mass is 299 g/mol. The summed E-state index contributed by atoms with van der Waals surface area (Å²) in [5.41, 5.74) is -0.855. The van der Waals surface area contributed by atoms with Gasteiger partial charge in [-0.3, -0.25) is 0 Å². The maximum Gasteiger partial charge on any atom is 0.235 e. The van der Waals surface area contributed by atoms with Crippen LogP contribution >= 0.6 is 0 Å². The highest BCUT2D eigenvalue weighted by Gasteiger charge is 2.39. The molecule has 0 amide bonds. The first-order chi connectivity index (χ1) is 9.32. The van der Waals surface area contributed by atoms with E-state index in [0.717, 1.165) is 25.2 Å². The van der Waals surface area contributed by atoms with Crippen LogP contribution in [0.25, 0.3) is 0 Å². The van der Waals surface area contributed by atoms with Crippen molar-refractivity contribution in [2.75, 3.05) is 6.26 Å². The third-order valence-corrected chi connectivity index (χ3v) is 4.79. The van der Waals surface area contributed by atoms with Crippen LogP contribution in [0.2, 0.25) is 0 Å². The van der Waals surface area contributed by atoms with Gasteiger partial charge < -0.3 is 5.11 Å². The Morgan fingerprint density at radius 1 is 1.35 bits per heavy atom. The molecule has 2 rings (SSSR count). The lowest BCUT2D eigenvalue weighted by Crippen LogP contribution is -2.20. The Hall–Kier alpha value is -1.72. The molecule has 0 spiro atoms. The summed E-state index contributed by atoms with van der Waals surface area (Å²) in [6, 6.07) is 2.42.